The van der Waals surface area contributed by atoms with Crippen molar-refractivity contribution in [3.63, 3.8) is 0 Å². The number of ether oxygens (including phenoxy) is 5. The minimum Gasteiger partial charge on any atom is -0.460 e. The van der Waals surface area contributed by atoms with Gasteiger partial charge in [-0.2, -0.15) is 0 Å². The number of aliphatic hydroxyl groups excluding tert-OH is 1. The molecule has 12 heteroatoms. The van der Waals surface area contributed by atoms with Gasteiger partial charge in [-0.3, -0.25) is 14.4 Å². The number of fused-ring (bicyclic) bond motifs is 2. The van der Waals surface area contributed by atoms with Crippen LogP contribution in [-0.2, 0) is 39.8 Å². The van der Waals surface area contributed by atoms with E-state index in [-0.39, 0.29) is 50.2 Å². The van der Waals surface area contributed by atoms with Gasteiger partial charge in [0.1, 0.15) is 23.9 Å². The maximum Gasteiger partial charge on any atom is 0.339 e. The fraction of sp³-hybridized carbons (Fsp3) is 0.565. The third-order valence-corrected chi connectivity index (χ3v) is 12.0. The minimum atomic E-state index is -0.747. The van der Waals surface area contributed by atoms with E-state index >= 15 is 0 Å². The van der Waals surface area contributed by atoms with Crippen molar-refractivity contribution in [1.82, 2.24) is 10.6 Å². The molecule has 3 unspecified atom stereocenters. The van der Waals surface area contributed by atoms with Crippen LogP contribution in [0.5, 0.6) is 0 Å². The van der Waals surface area contributed by atoms with Crippen molar-refractivity contribution in [1.29, 1.82) is 0 Å². The standard InChI is InChI=1S/C46H56N2O10/c1-45(2,3)57-40(50)20-18-34(26-49)48-43(52)30-9-6-7-28(21-30)25-47-42(51)31-23-38(41-39(24-31)56-46(58-41,32-14-15-32)33-16-17-33)55-44(53)35-10-5-4-8-29(35)13-11-27-12-19-36-37(22-27)54-36/h4-11,13,21,24,27,32-34,36-39,41,49H,12,14-20,22-23,25-26H2,1-3H3,(H,47,51)(H,48,52)/t27?,34-,36?,37?,38+,39+,41-/m0/s1. The average molecular weight is 797 g/mol. The molecule has 0 aromatic heterocycles. The zero-order valence-corrected chi connectivity index (χ0v) is 33.7. The van der Waals surface area contributed by atoms with Crippen LogP contribution in [-0.4, -0.2) is 83.4 Å². The average Bonchev–Trinajstić information content (AvgIpc) is 4.07. The van der Waals surface area contributed by atoms with E-state index in [1.54, 1.807) is 45.0 Å². The van der Waals surface area contributed by atoms with E-state index in [4.69, 9.17) is 23.7 Å². The number of epoxide rings is 1. The second-order valence-electron chi connectivity index (χ2n) is 17.9. The molecule has 2 amide bonds. The van der Waals surface area contributed by atoms with Gasteiger partial charge in [-0.15, -0.1) is 0 Å². The molecule has 3 saturated carbocycles. The number of carbonyl (C=O) groups is 4. The van der Waals surface area contributed by atoms with E-state index in [1.807, 2.05) is 36.4 Å². The Morgan fingerprint density at radius 3 is 2.45 bits per heavy atom. The molecule has 2 aromatic carbocycles. The topological polar surface area (TPSA) is 162 Å². The molecule has 0 radical (unpaired) electrons. The van der Waals surface area contributed by atoms with Crippen molar-refractivity contribution < 1.29 is 48.0 Å². The van der Waals surface area contributed by atoms with Crippen molar-refractivity contribution >= 4 is 29.8 Å². The van der Waals surface area contributed by atoms with Gasteiger partial charge in [0.05, 0.1) is 30.4 Å². The fourth-order valence-electron chi connectivity index (χ4n) is 8.73. The van der Waals surface area contributed by atoms with Gasteiger partial charge in [0.25, 0.3) is 5.91 Å². The molecule has 4 aliphatic carbocycles. The first-order chi connectivity index (χ1) is 27.9. The van der Waals surface area contributed by atoms with Crippen LogP contribution in [0.3, 0.4) is 0 Å². The highest BCUT2D eigenvalue weighted by molar-refractivity contribution is 5.96. The number of benzene rings is 2. The van der Waals surface area contributed by atoms with Crippen LogP contribution in [0, 0.1) is 17.8 Å². The summed E-state index contributed by atoms with van der Waals surface area (Å²) >= 11 is 0. The molecule has 2 heterocycles. The molecule has 3 N–H and O–H groups in total. The van der Waals surface area contributed by atoms with E-state index < -0.39 is 53.6 Å². The second kappa shape index (κ2) is 16.7. The molecule has 8 rings (SSSR count). The molecule has 12 nitrogen and oxygen atoms in total. The van der Waals surface area contributed by atoms with Crippen LogP contribution in [0.25, 0.3) is 6.08 Å². The molecule has 6 aliphatic rings. The summed E-state index contributed by atoms with van der Waals surface area (Å²) < 4.78 is 30.9. The zero-order valence-electron chi connectivity index (χ0n) is 33.7. The highest BCUT2D eigenvalue weighted by atomic mass is 16.8. The lowest BCUT2D eigenvalue weighted by Gasteiger charge is -2.31. The lowest BCUT2D eigenvalue weighted by molar-refractivity contribution is -0.209. The van der Waals surface area contributed by atoms with Crippen LogP contribution in [0.4, 0.5) is 0 Å². The Labute approximate surface area is 340 Å². The third-order valence-electron chi connectivity index (χ3n) is 12.0. The monoisotopic (exact) mass is 796 g/mol. The highest BCUT2D eigenvalue weighted by Gasteiger charge is 2.64. The maximum atomic E-state index is 14.0. The number of esters is 2. The van der Waals surface area contributed by atoms with Crippen LogP contribution >= 0.6 is 0 Å². The van der Waals surface area contributed by atoms with E-state index in [1.165, 1.54) is 0 Å². The van der Waals surface area contributed by atoms with E-state index in [0.29, 0.717) is 40.4 Å². The normalized spacial score (nSPS) is 27.8. The van der Waals surface area contributed by atoms with E-state index in [0.717, 1.165) is 50.5 Å². The van der Waals surface area contributed by atoms with Gasteiger partial charge in [0, 0.05) is 42.4 Å². The molecule has 2 aliphatic heterocycles. The van der Waals surface area contributed by atoms with Crippen LogP contribution in [0.15, 0.2) is 66.3 Å². The SMILES string of the molecule is CC(C)(C)OC(=O)CC[C@@H](CO)NC(=O)c1cccc(CNC(=O)C2=C[C@H]3OC(C4CC4)(C4CC4)O[C@H]3[C@H](OC(=O)c3ccccc3C=CC3CCC4OC4C3)C2)c1. The van der Waals surface area contributed by atoms with Gasteiger partial charge in [0.15, 0.2) is 5.79 Å². The summed E-state index contributed by atoms with van der Waals surface area (Å²) in [6.07, 6.45) is 12.6. The molecular weight excluding hydrogens is 741 g/mol. The quantitative estimate of drug-likeness (QED) is 0.145. The second-order valence-corrected chi connectivity index (χ2v) is 17.9. The maximum absolute atomic E-state index is 14.0. The molecule has 2 saturated heterocycles. The van der Waals surface area contributed by atoms with Gasteiger partial charge in [-0.25, -0.2) is 4.79 Å². The number of carbonyl (C=O) groups excluding carboxylic acids is 4. The molecule has 310 valence electrons. The van der Waals surface area contributed by atoms with E-state index in [2.05, 4.69) is 16.7 Å². The van der Waals surface area contributed by atoms with Gasteiger partial charge in [-0.05, 0) is 113 Å². The summed E-state index contributed by atoms with van der Waals surface area (Å²) in [5.74, 6) is -1.35. The summed E-state index contributed by atoms with van der Waals surface area (Å²) in [5, 5.41) is 15.7. The predicted octanol–water partition coefficient (Wildman–Crippen LogP) is 5.95. The Bertz CT molecular complexity index is 1930. The molecule has 58 heavy (non-hydrogen) atoms. The van der Waals surface area contributed by atoms with Gasteiger partial charge in [-0.1, -0.05) is 42.5 Å². The summed E-state index contributed by atoms with van der Waals surface area (Å²) in [7, 11) is 0. The van der Waals surface area contributed by atoms with E-state index in [9.17, 15) is 24.3 Å². The Balaban J connectivity index is 0.925. The number of hydrogen-bond donors (Lipinski definition) is 3. The van der Waals surface area contributed by atoms with Gasteiger partial charge < -0.3 is 39.4 Å². The Morgan fingerprint density at radius 2 is 1.72 bits per heavy atom. The van der Waals surface area contributed by atoms with Crippen LogP contribution in [0.1, 0.15) is 117 Å². The van der Waals surface area contributed by atoms with Crippen molar-refractivity contribution in [3.05, 3.63) is 88.5 Å². The van der Waals surface area contributed by atoms with Crippen molar-refractivity contribution in [2.75, 3.05) is 6.61 Å². The third kappa shape index (κ3) is 9.57. The molecule has 5 fully saturated rings. The van der Waals surface area contributed by atoms with Crippen molar-refractivity contribution in [3.8, 4) is 0 Å². The van der Waals surface area contributed by atoms with Crippen molar-refractivity contribution in [2.24, 2.45) is 17.8 Å². The van der Waals surface area contributed by atoms with Crippen LogP contribution in [0.2, 0.25) is 0 Å². The Kier molecular flexibility index (Phi) is 11.6. The number of nitrogens with one attached hydrogen (secondary N) is 2. The summed E-state index contributed by atoms with van der Waals surface area (Å²) in [6, 6.07) is 13.7. The number of amides is 2. The zero-order chi connectivity index (χ0) is 40.6. The number of hydrogen-bond acceptors (Lipinski definition) is 10. The largest absolute Gasteiger partial charge is 0.460 e. The lowest BCUT2D eigenvalue weighted by Crippen LogP contribution is -2.44. The summed E-state index contributed by atoms with van der Waals surface area (Å²) in [4.78, 5) is 53.2. The first-order valence-electron chi connectivity index (χ1n) is 21.1. The number of allylic oxidation sites excluding steroid dienone is 1. The summed E-state index contributed by atoms with van der Waals surface area (Å²) in [5.41, 5.74) is 2.10. The molecule has 0 spiro atoms. The highest BCUT2D eigenvalue weighted by Crippen LogP contribution is 2.59. The fourth-order valence-corrected chi connectivity index (χ4v) is 8.73. The number of rotatable bonds is 15. The molecule has 0 bridgehead atoms. The smallest absolute Gasteiger partial charge is 0.339 e. The number of aliphatic hydroxyl groups is 1. The Morgan fingerprint density at radius 1 is 0.948 bits per heavy atom. The summed E-state index contributed by atoms with van der Waals surface area (Å²) in [6.45, 7) is 5.14. The van der Waals surface area contributed by atoms with Crippen LogP contribution < -0.4 is 10.6 Å². The molecular formula is C46H56N2O10. The first-order valence-corrected chi connectivity index (χ1v) is 21.1. The van der Waals surface area contributed by atoms with Crippen molar-refractivity contribution in [2.45, 2.75) is 139 Å². The first kappa shape index (κ1) is 40.4. The van der Waals surface area contributed by atoms with Gasteiger partial charge in [0.2, 0.25) is 5.91 Å². The predicted molar refractivity (Wildman–Crippen MR) is 213 cm³/mol. The van der Waals surface area contributed by atoms with Gasteiger partial charge >= 0.3 is 11.9 Å². The Hall–Kier alpha value is -4.36. The molecule has 2 aromatic rings. The minimum absolute atomic E-state index is 0.0494. The lowest BCUT2D eigenvalue weighted by atomic mass is 9.88. The molecule has 7 atom stereocenters.